The molecule has 1 aliphatic heterocycles. The summed E-state index contributed by atoms with van der Waals surface area (Å²) < 4.78 is 5.24. The molecule has 1 saturated heterocycles. The van der Waals surface area contributed by atoms with Crippen LogP contribution in [0.1, 0.15) is 44.8 Å². The summed E-state index contributed by atoms with van der Waals surface area (Å²) in [5.41, 5.74) is 0.938. The van der Waals surface area contributed by atoms with Crippen molar-refractivity contribution in [2.75, 3.05) is 6.54 Å². The van der Waals surface area contributed by atoms with E-state index in [4.69, 9.17) is 4.42 Å². The van der Waals surface area contributed by atoms with Crippen LogP contribution in [-0.4, -0.2) is 22.3 Å². The first-order chi connectivity index (χ1) is 13.2. The number of nitrogens with one attached hydrogen (secondary N) is 2. The van der Waals surface area contributed by atoms with Crippen molar-refractivity contribution in [3.05, 3.63) is 80.3 Å². The highest BCUT2D eigenvalue weighted by Crippen LogP contribution is 2.36. The molecule has 0 bridgehead atoms. The van der Waals surface area contributed by atoms with Crippen LogP contribution in [-0.2, 0) is 13.1 Å². The smallest absolute Gasteiger partial charge is 0.261 e. The summed E-state index contributed by atoms with van der Waals surface area (Å²) in [4.78, 5) is 30.8. The maximum atomic E-state index is 12.4. The number of H-pyrrole nitrogens is 1. The number of furan rings is 1. The second kappa shape index (κ2) is 7.94. The lowest BCUT2D eigenvalue weighted by atomic mass is 10.1. The number of likely N-dealkylation sites (tertiary alicyclic amines) is 1. The number of hydrogen-bond donors (Lipinski definition) is 2. The van der Waals surface area contributed by atoms with E-state index in [0.29, 0.717) is 17.5 Å². The highest BCUT2D eigenvalue weighted by molar-refractivity contribution is 7.14. The number of carbonyl (C=O) groups is 1. The molecule has 3 aromatic rings. The molecule has 4 heterocycles. The molecule has 7 heteroatoms. The lowest BCUT2D eigenvalue weighted by molar-refractivity contribution is 0.0952. The molecule has 1 atom stereocenters. The Morgan fingerprint density at radius 2 is 2.26 bits per heavy atom. The Bertz CT molecular complexity index is 961. The van der Waals surface area contributed by atoms with Gasteiger partial charge in [0.05, 0.1) is 17.7 Å². The molecule has 1 aliphatic rings. The topological polar surface area (TPSA) is 78.3 Å². The maximum absolute atomic E-state index is 12.4. The van der Waals surface area contributed by atoms with E-state index in [1.54, 1.807) is 35.9 Å². The number of thiophene rings is 1. The predicted octanol–water partition coefficient (Wildman–Crippen LogP) is 3.30. The van der Waals surface area contributed by atoms with Gasteiger partial charge in [-0.15, -0.1) is 11.3 Å². The van der Waals surface area contributed by atoms with Crippen LogP contribution in [0.2, 0.25) is 0 Å². The van der Waals surface area contributed by atoms with Gasteiger partial charge in [0.15, 0.2) is 0 Å². The minimum Gasteiger partial charge on any atom is -0.467 e. The summed E-state index contributed by atoms with van der Waals surface area (Å²) in [5.74, 6) is 0.654. The molecule has 0 radical (unpaired) electrons. The monoisotopic (exact) mass is 383 g/mol. The normalized spacial score (nSPS) is 17.3. The lowest BCUT2D eigenvalue weighted by Crippen LogP contribution is -2.23. The fourth-order valence-electron chi connectivity index (χ4n) is 3.48. The average Bonchev–Trinajstić information content (AvgIpc) is 3.41. The van der Waals surface area contributed by atoms with Crippen molar-refractivity contribution in [2.45, 2.75) is 32.0 Å². The Balaban J connectivity index is 1.42. The fraction of sp³-hybridized carbons (Fsp3) is 0.300. The molecule has 3 aromatic heterocycles. The van der Waals surface area contributed by atoms with Crippen LogP contribution in [0.5, 0.6) is 0 Å². The molecule has 6 nitrogen and oxygen atoms in total. The van der Waals surface area contributed by atoms with Crippen LogP contribution >= 0.6 is 11.3 Å². The minimum absolute atomic E-state index is 0.0742. The van der Waals surface area contributed by atoms with E-state index in [1.165, 1.54) is 4.88 Å². The predicted molar refractivity (Wildman–Crippen MR) is 104 cm³/mol. The molecule has 4 rings (SSSR count). The summed E-state index contributed by atoms with van der Waals surface area (Å²) in [6.45, 7) is 2.12. The summed E-state index contributed by atoms with van der Waals surface area (Å²) in [6.07, 6.45) is 5.47. The molecule has 1 fully saturated rings. The van der Waals surface area contributed by atoms with Crippen LogP contribution in [0, 0.1) is 0 Å². The second-order valence-electron chi connectivity index (χ2n) is 6.65. The Labute approximate surface area is 160 Å². The Kier molecular flexibility index (Phi) is 5.22. The highest BCUT2D eigenvalue weighted by Gasteiger charge is 2.27. The molecule has 2 N–H and O–H groups in total. The number of aromatic amines is 1. The second-order valence-corrected chi connectivity index (χ2v) is 7.77. The number of nitrogens with zero attached hydrogens (tertiary/aromatic N) is 1. The largest absolute Gasteiger partial charge is 0.467 e. The third-order valence-corrected chi connectivity index (χ3v) is 5.96. The number of rotatable bonds is 6. The minimum atomic E-state index is -0.0817. The van der Waals surface area contributed by atoms with Gasteiger partial charge in [-0.05, 0) is 55.3 Å². The summed E-state index contributed by atoms with van der Waals surface area (Å²) >= 11 is 1.54. The Hall–Kier alpha value is -2.64. The molecule has 0 unspecified atom stereocenters. The van der Waals surface area contributed by atoms with E-state index in [-0.39, 0.29) is 11.5 Å². The molecule has 140 valence electrons. The van der Waals surface area contributed by atoms with Gasteiger partial charge in [-0.3, -0.25) is 14.5 Å². The van der Waals surface area contributed by atoms with Crippen molar-refractivity contribution < 1.29 is 9.21 Å². The first-order valence-electron chi connectivity index (χ1n) is 9.01. The molecule has 27 heavy (non-hydrogen) atoms. The van der Waals surface area contributed by atoms with Crippen molar-refractivity contribution in [3.8, 4) is 0 Å². The van der Waals surface area contributed by atoms with Crippen LogP contribution in [0.3, 0.4) is 0 Å². The zero-order valence-corrected chi connectivity index (χ0v) is 15.6. The van der Waals surface area contributed by atoms with Gasteiger partial charge in [0.25, 0.3) is 5.91 Å². The van der Waals surface area contributed by atoms with Crippen molar-refractivity contribution in [2.24, 2.45) is 0 Å². The molecule has 1 amide bonds. The van der Waals surface area contributed by atoms with Crippen LogP contribution in [0.25, 0.3) is 0 Å². The number of aromatic nitrogens is 1. The number of pyridine rings is 1. The quantitative estimate of drug-likeness (QED) is 0.685. The van der Waals surface area contributed by atoms with Crippen molar-refractivity contribution in [3.63, 3.8) is 0 Å². The highest BCUT2D eigenvalue weighted by atomic mass is 32.1. The third-order valence-electron chi connectivity index (χ3n) is 4.77. The van der Waals surface area contributed by atoms with Crippen molar-refractivity contribution >= 4 is 17.2 Å². The van der Waals surface area contributed by atoms with Gasteiger partial charge in [0.2, 0.25) is 5.56 Å². The standard InChI is InChI=1S/C20H21N3O3S/c24-19-11-14(7-8-21-19)13-23-9-1-4-16(23)17-5-6-18(27-17)20(25)22-12-15-3-2-10-26-15/h2-3,5-8,10-11,16H,1,4,9,12-13H2,(H,21,24)(H,22,25)/t16-/m1/s1. The Morgan fingerprint density at radius 1 is 1.33 bits per heavy atom. The summed E-state index contributed by atoms with van der Waals surface area (Å²) in [7, 11) is 0. The van der Waals surface area contributed by atoms with Crippen molar-refractivity contribution in [1.29, 1.82) is 0 Å². The number of carbonyl (C=O) groups excluding carboxylic acids is 1. The molecular weight excluding hydrogens is 362 g/mol. The zero-order valence-electron chi connectivity index (χ0n) is 14.8. The molecule has 0 aliphatic carbocycles. The van der Waals surface area contributed by atoms with Crippen molar-refractivity contribution in [1.82, 2.24) is 15.2 Å². The molecule has 0 aromatic carbocycles. The van der Waals surface area contributed by atoms with E-state index in [1.807, 2.05) is 24.3 Å². The van der Waals surface area contributed by atoms with Gasteiger partial charge >= 0.3 is 0 Å². The zero-order chi connectivity index (χ0) is 18.6. The Morgan fingerprint density at radius 3 is 3.07 bits per heavy atom. The molecule has 0 spiro atoms. The van der Waals surface area contributed by atoms with E-state index < -0.39 is 0 Å². The van der Waals surface area contributed by atoms with Gasteiger partial charge in [-0.1, -0.05) is 0 Å². The van der Waals surface area contributed by atoms with Crippen LogP contribution in [0.4, 0.5) is 0 Å². The first-order valence-corrected chi connectivity index (χ1v) is 9.83. The summed E-state index contributed by atoms with van der Waals surface area (Å²) in [6, 6.07) is 11.5. The molecule has 0 saturated carbocycles. The third kappa shape index (κ3) is 4.20. The van der Waals surface area contributed by atoms with Gasteiger partial charge in [-0.25, -0.2) is 0 Å². The van der Waals surface area contributed by atoms with E-state index in [0.717, 1.165) is 37.3 Å². The number of amides is 1. The van der Waals surface area contributed by atoms with Gasteiger partial charge in [0, 0.05) is 29.7 Å². The van der Waals surface area contributed by atoms with Crippen LogP contribution < -0.4 is 10.9 Å². The van der Waals surface area contributed by atoms with Gasteiger partial charge in [0.1, 0.15) is 5.76 Å². The lowest BCUT2D eigenvalue weighted by Gasteiger charge is -2.23. The fourth-order valence-corrected chi connectivity index (χ4v) is 4.58. The maximum Gasteiger partial charge on any atom is 0.261 e. The summed E-state index contributed by atoms with van der Waals surface area (Å²) in [5, 5.41) is 2.89. The van der Waals surface area contributed by atoms with Crippen LogP contribution in [0.15, 0.2) is 58.1 Å². The number of hydrogen-bond acceptors (Lipinski definition) is 5. The van der Waals surface area contributed by atoms with Gasteiger partial charge < -0.3 is 14.7 Å². The van der Waals surface area contributed by atoms with E-state index >= 15 is 0 Å². The molecular formula is C20H21N3O3S. The van der Waals surface area contributed by atoms with E-state index in [9.17, 15) is 9.59 Å². The first kappa shape index (κ1) is 17.8. The van der Waals surface area contributed by atoms with Gasteiger partial charge in [-0.2, -0.15) is 0 Å². The average molecular weight is 383 g/mol. The van der Waals surface area contributed by atoms with E-state index in [2.05, 4.69) is 15.2 Å². The SMILES string of the molecule is O=C(NCc1ccco1)c1ccc([C@H]2CCCN2Cc2cc[nH]c(=O)c2)s1.